The van der Waals surface area contributed by atoms with Gasteiger partial charge in [-0.3, -0.25) is 9.88 Å². The van der Waals surface area contributed by atoms with E-state index in [9.17, 15) is 0 Å². The number of rotatable bonds is 6. The molecule has 6 heteroatoms. The van der Waals surface area contributed by atoms with Crippen LogP contribution in [-0.4, -0.2) is 32.6 Å². The summed E-state index contributed by atoms with van der Waals surface area (Å²) in [4.78, 5) is 11.2. The van der Waals surface area contributed by atoms with E-state index in [2.05, 4.69) is 48.5 Å². The van der Waals surface area contributed by atoms with Crippen LogP contribution < -0.4 is 0 Å². The number of ether oxygens (including phenoxy) is 1. The van der Waals surface area contributed by atoms with E-state index in [1.165, 1.54) is 5.56 Å². The van der Waals surface area contributed by atoms with E-state index in [4.69, 9.17) is 4.74 Å². The lowest BCUT2D eigenvalue weighted by Gasteiger charge is -2.23. The van der Waals surface area contributed by atoms with Gasteiger partial charge in [0.2, 0.25) is 0 Å². The summed E-state index contributed by atoms with van der Waals surface area (Å²) in [5, 5.41) is 4.37. The molecule has 0 amide bonds. The lowest BCUT2D eigenvalue weighted by Crippen LogP contribution is -2.30. The fourth-order valence-electron chi connectivity index (χ4n) is 3.32. The van der Waals surface area contributed by atoms with Crippen molar-refractivity contribution in [2.45, 2.75) is 26.2 Å². The fourth-order valence-corrected chi connectivity index (χ4v) is 3.98. The summed E-state index contributed by atoms with van der Waals surface area (Å²) in [5.41, 5.74) is 2.50. The Kier molecular flexibility index (Phi) is 5.20. The molecule has 0 bridgehead atoms. The van der Waals surface area contributed by atoms with Gasteiger partial charge in [-0.25, -0.2) is 4.98 Å². The third-order valence-electron chi connectivity index (χ3n) is 4.47. The van der Waals surface area contributed by atoms with Crippen LogP contribution in [0.3, 0.4) is 0 Å². The molecule has 1 atom stereocenters. The Hall–Kier alpha value is -2.02. The minimum absolute atomic E-state index is 0.450. The zero-order valence-electron chi connectivity index (χ0n) is 14.1. The van der Waals surface area contributed by atoms with E-state index < -0.39 is 0 Å². The Labute approximate surface area is 151 Å². The molecule has 0 aliphatic carbocycles. The number of fused-ring (bicyclic) bond motifs is 1. The van der Waals surface area contributed by atoms with Crippen molar-refractivity contribution in [1.82, 2.24) is 19.4 Å². The Morgan fingerprint density at radius 1 is 1.20 bits per heavy atom. The highest BCUT2D eigenvalue weighted by molar-refractivity contribution is 7.07. The van der Waals surface area contributed by atoms with Crippen molar-refractivity contribution in [2.75, 3.05) is 13.2 Å². The second-order valence-electron chi connectivity index (χ2n) is 6.54. The maximum atomic E-state index is 5.99. The molecule has 0 fully saturated rings. The average molecular weight is 354 g/mol. The lowest BCUT2D eigenvalue weighted by molar-refractivity contribution is 0.0664. The van der Waals surface area contributed by atoms with E-state index in [1.807, 2.05) is 18.5 Å². The highest BCUT2D eigenvalue weighted by atomic mass is 32.1. The van der Waals surface area contributed by atoms with Crippen molar-refractivity contribution in [1.29, 1.82) is 0 Å². The summed E-state index contributed by atoms with van der Waals surface area (Å²) >= 11 is 1.75. The van der Waals surface area contributed by atoms with Gasteiger partial charge in [-0.15, -0.1) is 0 Å². The molecule has 3 aromatic heterocycles. The number of hydrogen-bond acceptors (Lipinski definition) is 5. The van der Waals surface area contributed by atoms with Crippen molar-refractivity contribution in [3.8, 4) is 0 Å². The monoisotopic (exact) mass is 354 g/mol. The number of pyridine rings is 1. The first-order chi connectivity index (χ1) is 12.4. The molecule has 0 unspecified atom stereocenters. The molecule has 3 aromatic rings. The smallest absolute Gasteiger partial charge is 0.122 e. The minimum atomic E-state index is 0.450. The van der Waals surface area contributed by atoms with Gasteiger partial charge in [-0.1, -0.05) is 6.07 Å². The molecule has 0 saturated carbocycles. The summed E-state index contributed by atoms with van der Waals surface area (Å²) in [6, 6.07) is 6.21. The highest BCUT2D eigenvalue weighted by Crippen LogP contribution is 2.19. The molecule has 130 valence electrons. The second kappa shape index (κ2) is 7.91. The number of hydrogen-bond donors (Lipinski definition) is 0. The summed E-state index contributed by atoms with van der Waals surface area (Å²) in [6.45, 7) is 5.20. The van der Waals surface area contributed by atoms with Crippen LogP contribution in [0.4, 0.5) is 0 Å². The third-order valence-corrected chi connectivity index (χ3v) is 5.20. The molecule has 5 nitrogen and oxygen atoms in total. The van der Waals surface area contributed by atoms with Gasteiger partial charge in [0.05, 0.1) is 19.8 Å². The van der Waals surface area contributed by atoms with Gasteiger partial charge in [0, 0.05) is 50.3 Å². The second-order valence-corrected chi connectivity index (χ2v) is 7.32. The normalized spacial score (nSPS) is 18.0. The molecule has 4 heterocycles. The van der Waals surface area contributed by atoms with Gasteiger partial charge in [0.25, 0.3) is 0 Å². The molecular weight excluding hydrogens is 332 g/mol. The largest absolute Gasteiger partial charge is 0.376 e. The van der Waals surface area contributed by atoms with Crippen LogP contribution in [0.5, 0.6) is 0 Å². The van der Waals surface area contributed by atoms with Gasteiger partial charge in [0.15, 0.2) is 0 Å². The Bertz CT molecular complexity index is 772. The van der Waals surface area contributed by atoms with Crippen LogP contribution in [0.2, 0.25) is 0 Å². The zero-order valence-corrected chi connectivity index (χ0v) is 14.9. The molecule has 1 aliphatic rings. The predicted octanol–water partition coefficient (Wildman–Crippen LogP) is 3.19. The Morgan fingerprint density at radius 3 is 3.04 bits per heavy atom. The van der Waals surface area contributed by atoms with E-state index in [0.29, 0.717) is 12.5 Å². The highest BCUT2D eigenvalue weighted by Gasteiger charge is 2.22. The van der Waals surface area contributed by atoms with Crippen LogP contribution in [0.25, 0.3) is 0 Å². The maximum Gasteiger partial charge on any atom is 0.122 e. The first kappa shape index (κ1) is 16.4. The molecule has 4 rings (SSSR count). The van der Waals surface area contributed by atoms with Crippen molar-refractivity contribution < 1.29 is 4.74 Å². The van der Waals surface area contributed by atoms with E-state index >= 15 is 0 Å². The quantitative estimate of drug-likeness (QED) is 0.682. The fraction of sp³-hybridized carbons (Fsp3) is 0.368. The molecule has 0 spiro atoms. The summed E-state index contributed by atoms with van der Waals surface area (Å²) < 4.78 is 8.26. The van der Waals surface area contributed by atoms with Crippen LogP contribution in [0.15, 0.2) is 53.7 Å². The Morgan fingerprint density at radius 2 is 2.20 bits per heavy atom. The summed E-state index contributed by atoms with van der Waals surface area (Å²) in [7, 11) is 0. The molecule has 1 aliphatic heterocycles. The number of imidazole rings is 1. The topological polar surface area (TPSA) is 43.2 Å². The third kappa shape index (κ3) is 4.34. The molecule has 0 aromatic carbocycles. The van der Waals surface area contributed by atoms with E-state index in [0.717, 1.165) is 44.2 Å². The van der Waals surface area contributed by atoms with Crippen molar-refractivity contribution in [3.05, 3.63) is 70.7 Å². The van der Waals surface area contributed by atoms with Gasteiger partial charge in [-0.2, -0.15) is 11.3 Å². The van der Waals surface area contributed by atoms with Crippen LogP contribution in [-0.2, 0) is 31.0 Å². The van der Waals surface area contributed by atoms with Crippen LogP contribution in [0.1, 0.15) is 17.0 Å². The van der Waals surface area contributed by atoms with Gasteiger partial charge < -0.3 is 9.30 Å². The summed E-state index contributed by atoms with van der Waals surface area (Å²) in [5.74, 6) is 1.59. The first-order valence-electron chi connectivity index (χ1n) is 8.57. The van der Waals surface area contributed by atoms with Gasteiger partial charge >= 0.3 is 0 Å². The maximum absolute atomic E-state index is 5.99. The van der Waals surface area contributed by atoms with Gasteiger partial charge in [-0.05, 0) is 34.0 Å². The van der Waals surface area contributed by atoms with Crippen LogP contribution in [0, 0.1) is 5.92 Å². The standard InChI is InChI=1S/C19H22N4OS/c1-2-16(8-20-4-1)13-24-14-18-10-22(9-17-3-7-25-15-17)12-19-21-5-6-23(19)11-18/h1-8,15,18H,9-14H2/t18-/m0/s1. The van der Waals surface area contributed by atoms with E-state index in [1.54, 1.807) is 17.5 Å². The summed E-state index contributed by atoms with van der Waals surface area (Å²) in [6.07, 6.45) is 7.64. The number of aromatic nitrogens is 3. The van der Waals surface area contributed by atoms with Crippen molar-refractivity contribution in [3.63, 3.8) is 0 Å². The molecule has 0 N–H and O–H groups in total. The zero-order chi connectivity index (χ0) is 16.9. The number of thiophene rings is 1. The number of nitrogens with zero attached hydrogens (tertiary/aromatic N) is 4. The van der Waals surface area contributed by atoms with E-state index in [-0.39, 0.29) is 0 Å². The van der Waals surface area contributed by atoms with Crippen LogP contribution >= 0.6 is 11.3 Å². The molecule has 25 heavy (non-hydrogen) atoms. The SMILES string of the molecule is c1cncc(COC[C@H]2CN(Cc3ccsc3)Cc3nccn3C2)c1. The van der Waals surface area contributed by atoms with Crippen molar-refractivity contribution >= 4 is 11.3 Å². The Balaban J connectivity index is 1.40. The van der Waals surface area contributed by atoms with Gasteiger partial charge in [0.1, 0.15) is 5.82 Å². The first-order valence-corrected chi connectivity index (χ1v) is 9.51. The molecule has 0 radical (unpaired) electrons. The molecule has 0 saturated heterocycles. The lowest BCUT2D eigenvalue weighted by atomic mass is 10.1. The molecular formula is C19H22N4OS. The minimum Gasteiger partial charge on any atom is -0.376 e. The van der Waals surface area contributed by atoms with Crippen molar-refractivity contribution in [2.24, 2.45) is 5.92 Å². The predicted molar refractivity (Wildman–Crippen MR) is 98.0 cm³/mol. The average Bonchev–Trinajstić information content (AvgIpc) is 3.25.